The Morgan fingerprint density at radius 1 is 1.20 bits per heavy atom. The molecular weight excluding hydrogens is 448 g/mol. The minimum absolute atomic E-state index is 0.0832. The van der Waals surface area contributed by atoms with E-state index in [4.69, 9.17) is 0 Å². The van der Waals surface area contributed by atoms with Crippen LogP contribution in [0.1, 0.15) is 19.3 Å². The summed E-state index contributed by atoms with van der Waals surface area (Å²) in [6, 6.07) is 8.23. The van der Waals surface area contributed by atoms with Crippen molar-refractivity contribution in [2.45, 2.75) is 25.3 Å². The van der Waals surface area contributed by atoms with Crippen LogP contribution in [0.3, 0.4) is 0 Å². The second kappa shape index (κ2) is 9.21. The summed E-state index contributed by atoms with van der Waals surface area (Å²) in [5.41, 5.74) is 3.42. The van der Waals surface area contributed by atoms with Crippen molar-refractivity contribution in [1.82, 2.24) is 25.3 Å². The van der Waals surface area contributed by atoms with Gasteiger partial charge in [-0.15, -0.1) is 0 Å². The molecular formula is C25H26N6O4. The summed E-state index contributed by atoms with van der Waals surface area (Å²) in [4.78, 5) is 50.9. The molecule has 1 aromatic carbocycles. The first-order valence-electron chi connectivity index (χ1n) is 11.6. The summed E-state index contributed by atoms with van der Waals surface area (Å²) in [5.74, 6) is -1.27. The fraction of sp³-hybridized carbons (Fsp3) is 0.320. The molecule has 1 saturated heterocycles. The van der Waals surface area contributed by atoms with Gasteiger partial charge in [0.15, 0.2) is 0 Å². The molecule has 35 heavy (non-hydrogen) atoms. The number of carbonyl (C=O) groups excluding carboxylic acids is 4. The molecule has 0 bridgehead atoms. The number of aromatic nitrogens is 2. The number of aryl methyl sites for hydroxylation is 1. The second-order valence-electron chi connectivity index (χ2n) is 9.06. The Hall–Kier alpha value is -4.21. The molecule has 0 saturated carbocycles. The van der Waals surface area contributed by atoms with Gasteiger partial charge in [-0.05, 0) is 36.6 Å². The zero-order chi connectivity index (χ0) is 24.5. The Balaban J connectivity index is 1.16. The van der Waals surface area contributed by atoms with E-state index in [1.54, 1.807) is 23.0 Å². The van der Waals surface area contributed by atoms with Gasteiger partial charge in [0.2, 0.25) is 17.7 Å². The van der Waals surface area contributed by atoms with Crippen LogP contribution in [0.15, 0.2) is 60.5 Å². The molecule has 3 aliphatic rings. The highest BCUT2D eigenvalue weighted by Gasteiger charge is 2.37. The van der Waals surface area contributed by atoms with E-state index in [0.717, 1.165) is 16.8 Å². The summed E-state index contributed by atoms with van der Waals surface area (Å²) in [5, 5.41) is 11.7. The van der Waals surface area contributed by atoms with Crippen molar-refractivity contribution >= 4 is 29.4 Å². The molecule has 2 aromatic rings. The molecule has 180 valence electrons. The topological polar surface area (TPSA) is 125 Å². The number of rotatable bonds is 4. The third-order valence-corrected chi connectivity index (χ3v) is 6.70. The van der Waals surface area contributed by atoms with Gasteiger partial charge in [0.1, 0.15) is 6.04 Å². The predicted molar refractivity (Wildman–Crippen MR) is 128 cm³/mol. The van der Waals surface area contributed by atoms with Gasteiger partial charge >= 0.3 is 6.03 Å². The predicted octanol–water partition coefficient (Wildman–Crippen LogP) is 1.93. The van der Waals surface area contributed by atoms with Crippen molar-refractivity contribution in [3.8, 4) is 11.3 Å². The molecule has 3 N–H and O–H groups in total. The Morgan fingerprint density at radius 2 is 2.06 bits per heavy atom. The Kier molecular flexibility index (Phi) is 5.94. The molecule has 1 aromatic heterocycles. The molecule has 0 spiro atoms. The molecule has 5 rings (SSSR count). The van der Waals surface area contributed by atoms with E-state index in [0.29, 0.717) is 31.5 Å². The third kappa shape index (κ3) is 4.72. The van der Waals surface area contributed by atoms with Crippen molar-refractivity contribution < 1.29 is 19.2 Å². The van der Waals surface area contributed by atoms with Crippen LogP contribution in [-0.2, 0) is 21.4 Å². The fourth-order valence-electron chi connectivity index (χ4n) is 4.90. The van der Waals surface area contributed by atoms with Crippen molar-refractivity contribution in [1.29, 1.82) is 0 Å². The van der Waals surface area contributed by atoms with Crippen molar-refractivity contribution in [3.05, 3.63) is 60.5 Å². The summed E-state index contributed by atoms with van der Waals surface area (Å²) in [7, 11) is 1.84. The second-order valence-corrected chi connectivity index (χ2v) is 9.06. The molecule has 3 atom stereocenters. The number of anilines is 1. The Bertz CT molecular complexity index is 1260. The summed E-state index contributed by atoms with van der Waals surface area (Å²) < 4.78 is 1.74. The molecule has 2 aliphatic heterocycles. The average Bonchev–Trinajstić information content (AvgIpc) is 3.44. The van der Waals surface area contributed by atoms with E-state index in [1.807, 2.05) is 48.5 Å². The van der Waals surface area contributed by atoms with Gasteiger partial charge < -0.3 is 10.2 Å². The first kappa shape index (κ1) is 22.6. The number of hydrogen-bond donors (Lipinski definition) is 3. The van der Waals surface area contributed by atoms with E-state index in [-0.39, 0.29) is 29.7 Å². The van der Waals surface area contributed by atoms with Gasteiger partial charge in [-0.25, -0.2) is 4.79 Å². The zero-order valence-electron chi connectivity index (χ0n) is 19.2. The van der Waals surface area contributed by atoms with E-state index >= 15 is 0 Å². The number of piperidine rings is 1. The molecule has 10 nitrogen and oxygen atoms in total. The van der Waals surface area contributed by atoms with E-state index < -0.39 is 11.9 Å². The van der Waals surface area contributed by atoms with E-state index in [1.165, 1.54) is 0 Å². The van der Waals surface area contributed by atoms with Crippen LogP contribution in [0.2, 0.25) is 0 Å². The number of allylic oxidation sites excluding steroid dienone is 1. The molecule has 5 amide bonds. The lowest BCUT2D eigenvalue weighted by molar-refractivity contribution is -0.136. The molecule has 1 aliphatic carbocycles. The average molecular weight is 475 g/mol. The largest absolute Gasteiger partial charge is 0.365 e. The van der Waals surface area contributed by atoms with Gasteiger partial charge in [0.05, 0.1) is 11.6 Å². The normalized spacial score (nSPS) is 23.4. The maximum atomic E-state index is 12.8. The van der Waals surface area contributed by atoms with Gasteiger partial charge in [-0.2, -0.15) is 5.10 Å². The summed E-state index contributed by atoms with van der Waals surface area (Å²) in [6.45, 7) is 0.600. The first-order chi connectivity index (χ1) is 16.9. The van der Waals surface area contributed by atoms with Crippen LogP contribution < -0.4 is 16.0 Å². The number of benzene rings is 1. The summed E-state index contributed by atoms with van der Waals surface area (Å²) >= 11 is 0. The first-order valence-corrected chi connectivity index (χ1v) is 11.6. The lowest BCUT2D eigenvalue weighted by Gasteiger charge is -2.30. The number of nitrogens with zero attached hydrogens (tertiary/aromatic N) is 3. The Labute approximate surface area is 202 Å². The highest BCUT2D eigenvalue weighted by atomic mass is 16.2. The number of carbonyl (C=O) groups is 4. The number of nitrogens with one attached hydrogen (secondary N) is 3. The third-order valence-electron chi connectivity index (χ3n) is 6.70. The minimum atomic E-state index is -0.594. The lowest BCUT2D eigenvalue weighted by Crippen LogP contribution is -2.50. The van der Waals surface area contributed by atoms with Crippen molar-refractivity contribution in [2.75, 3.05) is 11.9 Å². The number of imide groups is 2. The van der Waals surface area contributed by atoms with Gasteiger partial charge in [0.25, 0.3) is 0 Å². The van der Waals surface area contributed by atoms with Crippen molar-refractivity contribution in [2.24, 2.45) is 18.9 Å². The standard InChI is InChI=1S/C25H26N6O4/c1-30-20(9-10-26-30)15-3-2-4-19(12-15)27-25(35)29-23(33)16-5-6-17-13-31(14-18(17)11-16)21-7-8-22(32)28-24(21)34/h2-6,9-10,12-13,16,18,21H,7-8,11,14H2,1H3,(H,28,32,34)(H2,27,29,33,35). The van der Waals surface area contributed by atoms with Crippen molar-refractivity contribution in [3.63, 3.8) is 0 Å². The van der Waals surface area contributed by atoms with E-state index in [2.05, 4.69) is 21.0 Å². The van der Waals surface area contributed by atoms with E-state index in [9.17, 15) is 19.2 Å². The smallest absolute Gasteiger partial charge is 0.325 e. The highest BCUT2D eigenvalue weighted by Crippen LogP contribution is 2.35. The zero-order valence-corrected chi connectivity index (χ0v) is 19.2. The molecule has 0 radical (unpaired) electrons. The SMILES string of the molecule is Cn1nccc1-c1cccc(NC(=O)NC(=O)C2C=CC3=CN(C4CCC(=O)NC4=O)CC3C2)c1. The maximum Gasteiger partial charge on any atom is 0.325 e. The minimum Gasteiger partial charge on any atom is -0.365 e. The molecule has 1 fully saturated rings. The number of urea groups is 1. The molecule has 3 unspecified atom stereocenters. The maximum absolute atomic E-state index is 12.8. The number of fused-ring (bicyclic) bond motifs is 1. The lowest BCUT2D eigenvalue weighted by atomic mass is 9.84. The molecule has 10 heteroatoms. The van der Waals surface area contributed by atoms with Gasteiger partial charge in [0, 0.05) is 49.6 Å². The van der Waals surface area contributed by atoms with Crippen LogP contribution in [-0.4, -0.2) is 51.0 Å². The van der Waals surface area contributed by atoms with Crippen LogP contribution >= 0.6 is 0 Å². The Morgan fingerprint density at radius 3 is 2.83 bits per heavy atom. The van der Waals surface area contributed by atoms with Crippen LogP contribution in [0.5, 0.6) is 0 Å². The fourth-order valence-corrected chi connectivity index (χ4v) is 4.90. The monoisotopic (exact) mass is 474 g/mol. The van der Waals surface area contributed by atoms with Crippen LogP contribution in [0, 0.1) is 11.8 Å². The van der Waals surface area contributed by atoms with Gasteiger partial charge in [-0.3, -0.25) is 29.7 Å². The quantitative estimate of drug-likeness (QED) is 0.582. The molecule has 3 heterocycles. The van der Waals surface area contributed by atoms with Crippen LogP contribution in [0.4, 0.5) is 10.5 Å². The number of amides is 5. The highest BCUT2D eigenvalue weighted by molar-refractivity contribution is 6.02. The number of hydrogen-bond acceptors (Lipinski definition) is 6. The van der Waals surface area contributed by atoms with Crippen LogP contribution in [0.25, 0.3) is 11.3 Å². The summed E-state index contributed by atoms with van der Waals surface area (Å²) in [6.07, 6.45) is 8.67. The van der Waals surface area contributed by atoms with Gasteiger partial charge in [-0.1, -0.05) is 24.3 Å².